The molecule has 0 bridgehead atoms. The minimum atomic E-state index is -0.384. The van der Waals surface area contributed by atoms with Crippen LogP contribution in [0, 0.1) is 0 Å². The molecule has 0 spiro atoms. The normalized spacial score (nSPS) is 13.0. The monoisotopic (exact) mass is 602 g/mol. The zero-order valence-electron chi connectivity index (χ0n) is 23.3. The van der Waals surface area contributed by atoms with Crippen molar-refractivity contribution in [2.24, 2.45) is 0 Å². The molecule has 0 saturated carbocycles. The van der Waals surface area contributed by atoms with Gasteiger partial charge in [-0.2, -0.15) is 0 Å². The van der Waals surface area contributed by atoms with Gasteiger partial charge < -0.3 is 25.2 Å². The van der Waals surface area contributed by atoms with Crippen molar-refractivity contribution in [2.75, 3.05) is 55.0 Å². The Bertz CT molecular complexity index is 1560. The highest BCUT2D eigenvalue weighted by molar-refractivity contribution is 6.37. The van der Waals surface area contributed by atoms with Crippen LogP contribution in [0.4, 0.5) is 17.1 Å². The molecule has 9 heteroatoms. The highest BCUT2D eigenvalue weighted by Crippen LogP contribution is 2.31. The Morgan fingerprint density at radius 2 is 1.45 bits per heavy atom. The second-order valence-corrected chi connectivity index (χ2v) is 10.8. The molecule has 216 valence electrons. The molecule has 0 aliphatic carbocycles. The minimum Gasteiger partial charge on any atom is -0.495 e. The van der Waals surface area contributed by atoms with Gasteiger partial charge in [0.1, 0.15) is 5.75 Å². The van der Waals surface area contributed by atoms with Gasteiger partial charge in [0, 0.05) is 49.1 Å². The average Bonchev–Trinajstić information content (AvgIpc) is 3.01. The van der Waals surface area contributed by atoms with Gasteiger partial charge in [-0.25, -0.2) is 0 Å². The molecule has 4 aromatic carbocycles. The van der Waals surface area contributed by atoms with Crippen molar-refractivity contribution in [2.45, 2.75) is 6.42 Å². The summed E-state index contributed by atoms with van der Waals surface area (Å²) in [6.07, 6.45) is 0.713. The lowest BCUT2D eigenvalue weighted by atomic mass is 10.1. The fourth-order valence-electron chi connectivity index (χ4n) is 5.08. The summed E-state index contributed by atoms with van der Waals surface area (Å²) in [7, 11) is 1.68. The number of para-hydroxylation sites is 2. The molecule has 4 aromatic rings. The van der Waals surface area contributed by atoms with Gasteiger partial charge in [-0.1, -0.05) is 65.7 Å². The maximum Gasteiger partial charge on any atom is 0.257 e. The summed E-state index contributed by atoms with van der Waals surface area (Å²) in [6.45, 7) is 3.45. The van der Waals surface area contributed by atoms with Crippen molar-refractivity contribution < 1.29 is 14.3 Å². The van der Waals surface area contributed by atoms with Gasteiger partial charge >= 0.3 is 0 Å². The lowest BCUT2D eigenvalue weighted by molar-refractivity contribution is 0.0953. The Balaban J connectivity index is 1.35. The molecular weight excluding hydrogens is 571 g/mol. The molecular formula is C33H32Cl2N4O3. The SMILES string of the molecule is COc1ccccc1N1CCN(c2ccc(NC(=O)c3ccc(Cl)cc3Cl)cc2C(=O)NCCc2ccccc2)CC1. The van der Waals surface area contributed by atoms with E-state index in [1.54, 1.807) is 25.3 Å². The highest BCUT2D eigenvalue weighted by atomic mass is 35.5. The predicted molar refractivity (Wildman–Crippen MR) is 171 cm³/mol. The third kappa shape index (κ3) is 6.98. The lowest BCUT2D eigenvalue weighted by Crippen LogP contribution is -2.47. The minimum absolute atomic E-state index is 0.200. The zero-order chi connectivity index (χ0) is 29.5. The molecule has 7 nitrogen and oxygen atoms in total. The van der Waals surface area contributed by atoms with Gasteiger partial charge in [0.2, 0.25) is 0 Å². The Labute approximate surface area is 256 Å². The molecule has 1 saturated heterocycles. The molecule has 2 amide bonds. The summed E-state index contributed by atoms with van der Waals surface area (Å²) < 4.78 is 5.56. The van der Waals surface area contributed by atoms with Crippen LogP contribution < -0.4 is 25.2 Å². The van der Waals surface area contributed by atoms with Crippen LogP contribution in [0.5, 0.6) is 5.75 Å². The zero-order valence-corrected chi connectivity index (χ0v) is 24.8. The summed E-state index contributed by atoms with van der Waals surface area (Å²) in [5.74, 6) is 0.254. The Morgan fingerprint density at radius 1 is 0.762 bits per heavy atom. The number of halogens is 2. The first-order chi connectivity index (χ1) is 20.4. The largest absolute Gasteiger partial charge is 0.495 e. The fraction of sp³-hybridized carbons (Fsp3) is 0.212. The Hall–Kier alpha value is -4.20. The lowest BCUT2D eigenvalue weighted by Gasteiger charge is -2.38. The van der Waals surface area contributed by atoms with Gasteiger partial charge in [-0.15, -0.1) is 0 Å². The number of carbonyl (C=O) groups is 2. The van der Waals surface area contributed by atoms with E-state index in [1.165, 1.54) is 6.07 Å². The van der Waals surface area contributed by atoms with Crippen molar-refractivity contribution >= 4 is 52.1 Å². The maximum atomic E-state index is 13.6. The van der Waals surface area contributed by atoms with Crippen molar-refractivity contribution in [1.82, 2.24) is 5.32 Å². The second-order valence-electron chi connectivity index (χ2n) is 9.95. The van der Waals surface area contributed by atoms with E-state index in [1.807, 2.05) is 60.7 Å². The molecule has 1 fully saturated rings. The summed E-state index contributed by atoms with van der Waals surface area (Å²) in [4.78, 5) is 31.1. The number of anilines is 3. The van der Waals surface area contributed by atoms with Gasteiger partial charge in [0.05, 0.1) is 28.9 Å². The van der Waals surface area contributed by atoms with E-state index in [0.717, 1.165) is 35.8 Å². The molecule has 5 rings (SSSR count). The summed E-state index contributed by atoms with van der Waals surface area (Å²) in [6, 6.07) is 28.1. The number of nitrogens with one attached hydrogen (secondary N) is 2. The average molecular weight is 604 g/mol. The number of nitrogens with zero attached hydrogens (tertiary/aromatic N) is 2. The first kappa shape index (κ1) is 29.3. The molecule has 42 heavy (non-hydrogen) atoms. The van der Waals surface area contributed by atoms with E-state index >= 15 is 0 Å². The van der Waals surface area contributed by atoms with Crippen molar-refractivity contribution in [3.05, 3.63) is 118 Å². The number of ether oxygens (including phenoxy) is 1. The standard InChI is InChI=1S/C33H32Cl2N4O3/c1-42-31-10-6-5-9-30(31)39-19-17-38(18-20-39)29-14-12-25(37-33(41)26-13-11-24(34)21-28(26)35)22-27(29)32(40)36-16-15-23-7-3-2-4-8-23/h2-14,21-22H,15-20H2,1H3,(H,36,40)(H,37,41). The molecule has 0 radical (unpaired) electrons. The number of piperazine rings is 1. The highest BCUT2D eigenvalue weighted by Gasteiger charge is 2.24. The molecule has 1 aliphatic heterocycles. The number of hydrogen-bond acceptors (Lipinski definition) is 5. The molecule has 0 atom stereocenters. The van der Waals surface area contributed by atoms with Crippen LogP contribution in [0.15, 0.2) is 91.0 Å². The molecule has 1 aliphatic rings. The van der Waals surface area contributed by atoms with Crippen LogP contribution in [-0.2, 0) is 6.42 Å². The van der Waals surface area contributed by atoms with Crippen molar-refractivity contribution in [3.8, 4) is 5.75 Å². The number of rotatable bonds is 9. The smallest absolute Gasteiger partial charge is 0.257 e. The van der Waals surface area contributed by atoms with Gasteiger partial charge in [-0.3, -0.25) is 9.59 Å². The number of benzene rings is 4. The number of carbonyl (C=O) groups excluding carboxylic acids is 2. The molecule has 0 aromatic heterocycles. The molecule has 0 unspecified atom stereocenters. The number of methoxy groups -OCH3 is 1. The van der Waals surface area contributed by atoms with E-state index in [0.29, 0.717) is 47.9 Å². The van der Waals surface area contributed by atoms with Crippen molar-refractivity contribution in [1.29, 1.82) is 0 Å². The van der Waals surface area contributed by atoms with E-state index in [2.05, 4.69) is 26.5 Å². The van der Waals surface area contributed by atoms with Crippen LogP contribution in [0.3, 0.4) is 0 Å². The quantitative estimate of drug-likeness (QED) is 0.227. The van der Waals surface area contributed by atoms with Crippen LogP contribution in [0.1, 0.15) is 26.3 Å². The van der Waals surface area contributed by atoms with Gasteiger partial charge in [0.15, 0.2) is 0 Å². The number of hydrogen-bond donors (Lipinski definition) is 2. The Morgan fingerprint density at radius 3 is 2.17 bits per heavy atom. The first-order valence-electron chi connectivity index (χ1n) is 13.8. The van der Waals surface area contributed by atoms with Crippen LogP contribution in [-0.4, -0.2) is 51.6 Å². The number of amides is 2. The first-order valence-corrected chi connectivity index (χ1v) is 14.5. The van der Waals surface area contributed by atoms with Crippen LogP contribution >= 0.6 is 23.2 Å². The van der Waals surface area contributed by atoms with Crippen LogP contribution in [0.25, 0.3) is 0 Å². The third-order valence-corrected chi connectivity index (χ3v) is 7.81. The third-order valence-electron chi connectivity index (χ3n) is 7.26. The second kappa shape index (κ2) is 13.6. The van der Waals surface area contributed by atoms with E-state index in [9.17, 15) is 9.59 Å². The summed E-state index contributed by atoms with van der Waals surface area (Å²) >= 11 is 12.2. The summed E-state index contributed by atoms with van der Waals surface area (Å²) in [5.41, 5.74) is 4.30. The van der Waals surface area contributed by atoms with E-state index in [4.69, 9.17) is 27.9 Å². The van der Waals surface area contributed by atoms with Crippen molar-refractivity contribution in [3.63, 3.8) is 0 Å². The fourth-order valence-corrected chi connectivity index (χ4v) is 5.58. The summed E-state index contributed by atoms with van der Waals surface area (Å²) in [5, 5.41) is 6.64. The van der Waals surface area contributed by atoms with Crippen LogP contribution in [0.2, 0.25) is 10.0 Å². The molecule has 2 N–H and O–H groups in total. The maximum absolute atomic E-state index is 13.6. The topological polar surface area (TPSA) is 73.9 Å². The molecule has 1 heterocycles. The Kier molecular flexibility index (Phi) is 9.52. The van der Waals surface area contributed by atoms with E-state index in [-0.39, 0.29) is 16.8 Å². The van der Waals surface area contributed by atoms with E-state index < -0.39 is 0 Å². The predicted octanol–water partition coefficient (Wildman–Crippen LogP) is 6.55. The van der Waals surface area contributed by atoms with Gasteiger partial charge in [-0.05, 0) is 60.5 Å². The van der Waals surface area contributed by atoms with Gasteiger partial charge in [0.25, 0.3) is 11.8 Å².